The van der Waals surface area contributed by atoms with Gasteiger partial charge in [-0.1, -0.05) is 5.16 Å². The first-order valence-corrected chi connectivity index (χ1v) is 7.54. The Labute approximate surface area is 142 Å². The van der Waals surface area contributed by atoms with E-state index in [-0.39, 0.29) is 11.7 Å². The van der Waals surface area contributed by atoms with Crippen molar-refractivity contribution in [2.24, 2.45) is 0 Å². The van der Waals surface area contributed by atoms with Crippen molar-refractivity contribution in [2.75, 3.05) is 5.32 Å². The summed E-state index contributed by atoms with van der Waals surface area (Å²) in [6.45, 7) is 3.27. The van der Waals surface area contributed by atoms with Crippen LogP contribution in [0.25, 0.3) is 11.3 Å². The van der Waals surface area contributed by atoms with Crippen LogP contribution in [0, 0.1) is 12.7 Å². The van der Waals surface area contributed by atoms with Crippen molar-refractivity contribution in [3.05, 3.63) is 64.3 Å². The number of hydrogen-bond acceptors (Lipinski definition) is 5. The summed E-state index contributed by atoms with van der Waals surface area (Å²) in [4.78, 5) is 24.4. The topological polar surface area (TPSA) is 90.0 Å². The number of aryl methyl sites for hydroxylation is 1. The minimum Gasteiger partial charge on any atom is -0.338 e. The van der Waals surface area contributed by atoms with Gasteiger partial charge < -0.3 is 4.52 Å². The molecule has 0 unspecified atom stereocenters. The molecule has 1 N–H and O–H groups in total. The van der Waals surface area contributed by atoms with Gasteiger partial charge in [0, 0.05) is 17.7 Å². The number of halogens is 1. The molecule has 0 aliphatic heterocycles. The van der Waals surface area contributed by atoms with E-state index < -0.39 is 17.5 Å². The Hall–Kier alpha value is -3.29. The second-order valence-corrected chi connectivity index (χ2v) is 5.51. The number of aromatic nitrogens is 3. The highest BCUT2D eigenvalue weighted by atomic mass is 19.1. The number of benzene rings is 1. The molecule has 25 heavy (non-hydrogen) atoms. The number of hydrogen-bond donors (Lipinski definition) is 1. The van der Waals surface area contributed by atoms with Gasteiger partial charge in [-0.15, -0.1) is 0 Å². The summed E-state index contributed by atoms with van der Waals surface area (Å²) in [6.07, 6.45) is 0. The second kappa shape index (κ2) is 6.68. The van der Waals surface area contributed by atoms with E-state index in [2.05, 4.69) is 15.6 Å². The quantitative estimate of drug-likeness (QED) is 0.787. The molecule has 0 fully saturated rings. The maximum absolute atomic E-state index is 13.0. The summed E-state index contributed by atoms with van der Waals surface area (Å²) >= 11 is 0. The fourth-order valence-electron chi connectivity index (χ4n) is 2.24. The molecule has 1 atom stereocenters. The molecule has 2 aromatic heterocycles. The molecule has 0 radical (unpaired) electrons. The highest BCUT2D eigenvalue weighted by molar-refractivity contribution is 5.92. The average Bonchev–Trinajstić information content (AvgIpc) is 3.00. The number of anilines is 1. The van der Waals surface area contributed by atoms with Gasteiger partial charge >= 0.3 is 0 Å². The zero-order chi connectivity index (χ0) is 18.0. The molecular formula is C17H15FN4O3. The van der Waals surface area contributed by atoms with Crippen LogP contribution in [0.3, 0.4) is 0 Å². The molecule has 2 heterocycles. The first kappa shape index (κ1) is 16.6. The maximum atomic E-state index is 13.0. The predicted octanol–water partition coefficient (Wildman–Crippen LogP) is 2.55. The molecule has 7 nitrogen and oxygen atoms in total. The number of rotatable bonds is 4. The van der Waals surface area contributed by atoms with Gasteiger partial charge in [0.2, 0.25) is 5.88 Å². The van der Waals surface area contributed by atoms with Crippen LogP contribution in [0.4, 0.5) is 10.3 Å². The lowest BCUT2D eigenvalue weighted by Gasteiger charge is -2.13. The van der Waals surface area contributed by atoms with E-state index in [4.69, 9.17) is 4.52 Å². The van der Waals surface area contributed by atoms with Crippen molar-refractivity contribution in [2.45, 2.75) is 19.9 Å². The standard InChI is InChI=1S/C17H15FN4O3/c1-10-9-15(25-21-10)19-17(24)11(2)22-16(23)8-7-14(20-22)12-3-5-13(18)6-4-12/h3-9,11H,1-2H3,(H,19,24)/t11-/m0/s1. The molecule has 128 valence electrons. The Kier molecular flexibility index (Phi) is 4.42. The van der Waals surface area contributed by atoms with E-state index >= 15 is 0 Å². The first-order valence-electron chi connectivity index (χ1n) is 7.54. The van der Waals surface area contributed by atoms with Gasteiger partial charge in [0.05, 0.1) is 11.4 Å². The van der Waals surface area contributed by atoms with E-state index in [1.165, 1.54) is 24.3 Å². The van der Waals surface area contributed by atoms with Crippen LogP contribution in [-0.4, -0.2) is 20.8 Å². The third-order valence-corrected chi connectivity index (χ3v) is 3.59. The Morgan fingerprint density at radius 3 is 2.60 bits per heavy atom. The third kappa shape index (κ3) is 3.63. The molecule has 1 amide bonds. The maximum Gasteiger partial charge on any atom is 0.267 e. The molecule has 0 aliphatic carbocycles. The van der Waals surface area contributed by atoms with E-state index in [1.807, 2.05) is 0 Å². The third-order valence-electron chi connectivity index (χ3n) is 3.59. The van der Waals surface area contributed by atoms with Crippen molar-refractivity contribution in [1.29, 1.82) is 0 Å². The Morgan fingerprint density at radius 2 is 1.96 bits per heavy atom. The SMILES string of the molecule is Cc1cc(NC(=O)[C@H](C)n2nc(-c3ccc(F)cc3)ccc2=O)on1. The molecule has 0 aliphatic rings. The average molecular weight is 342 g/mol. The predicted molar refractivity (Wildman–Crippen MR) is 88.5 cm³/mol. The summed E-state index contributed by atoms with van der Waals surface area (Å²) in [5.74, 6) is -0.647. The number of nitrogens with one attached hydrogen (secondary N) is 1. The smallest absolute Gasteiger partial charge is 0.267 e. The normalized spacial score (nSPS) is 12.0. The zero-order valence-corrected chi connectivity index (χ0v) is 13.6. The monoisotopic (exact) mass is 342 g/mol. The summed E-state index contributed by atoms with van der Waals surface area (Å²) in [6, 6.07) is 9.23. The van der Waals surface area contributed by atoms with Gasteiger partial charge in [0.15, 0.2) is 0 Å². The van der Waals surface area contributed by atoms with E-state index in [0.717, 1.165) is 4.68 Å². The number of nitrogens with zero attached hydrogens (tertiary/aromatic N) is 3. The van der Waals surface area contributed by atoms with Crippen molar-refractivity contribution in [3.63, 3.8) is 0 Å². The fourth-order valence-corrected chi connectivity index (χ4v) is 2.24. The van der Waals surface area contributed by atoms with Crippen molar-refractivity contribution in [3.8, 4) is 11.3 Å². The summed E-state index contributed by atoms with van der Waals surface area (Å²) < 4.78 is 19.0. The summed E-state index contributed by atoms with van der Waals surface area (Å²) in [7, 11) is 0. The zero-order valence-electron chi connectivity index (χ0n) is 13.6. The largest absolute Gasteiger partial charge is 0.338 e. The van der Waals surface area contributed by atoms with E-state index in [9.17, 15) is 14.0 Å². The van der Waals surface area contributed by atoms with Crippen molar-refractivity contribution >= 4 is 11.8 Å². The minimum absolute atomic E-state index is 0.192. The van der Waals surface area contributed by atoms with Gasteiger partial charge in [-0.2, -0.15) is 5.10 Å². The Bertz CT molecular complexity index is 963. The number of carbonyl (C=O) groups excluding carboxylic acids is 1. The first-order chi connectivity index (χ1) is 11.9. The van der Waals surface area contributed by atoms with Crippen molar-refractivity contribution < 1.29 is 13.7 Å². The molecular weight excluding hydrogens is 327 g/mol. The van der Waals surface area contributed by atoms with Gasteiger partial charge in [-0.25, -0.2) is 9.07 Å². The second-order valence-electron chi connectivity index (χ2n) is 5.51. The molecule has 0 saturated carbocycles. The van der Waals surface area contributed by atoms with Crippen LogP contribution in [-0.2, 0) is 4.79 Å². The van der Waals surface area contributed by atoms with Crippen molar-refractivity contribution in [1.82, 2.24) is 14.9 Å². The van der Waals surface area contributed by atoms with Gasteiger partial charge in [0.25, 0.3) is 11.5 Å². The van der Waals surface area contributed by atoms with E-state index in [1.54, 1.807) is 32.0 Å². The molecule has 0 bridgehead atoms. The van der Waals surface area contributed by atoms with Gasteiger partial charge in [0.1, 0.15) is 11.9 Å². The summed E-state index contributed by atoms with van der Waals surface area (Å²) in [5, 5.41) is 10.4. The van der Waals surface area contributed by atoms with Gasteiger partial charge in [-0.05, 0) is 44.2 Å². The van der Waals surface area contributed by atoms with Crippen LogP contribution >= 0.6 is 0 Å². The van der Waals surface area contributed by atoms with E-state index in [0.29, 0.717) is 17.0 Å². The summed E-state index contributed by atoms with van der Waals surface area (Å²) in [5.41, 5.74) is 1.28. The van der Waals surface area contributed by atoms with Crippen LogP contribution < -0.4 is 10.9 Å². The lowest BCUT2D eigenvalue weighted by Crippen LogP contribution is -2.33. The molecule has 1 aromatic carbocycles. The number of amides is 1. The minimum atomic E-state index is -0.877. The van der Waals surface area contributed by atoms with Crippen LogP contribution in [0.1, 0.15) is 18.7 Å². The van der Waals surface area contributed by atoms with Crippen LogP contribution in [0.2, 0.25) is 0 Å². The highest BCUT2D eigenvalue weighted by Gasteiger charge is 2.19. The fraction of sp³-hybridized carbons (Fsp3) is 0.176. The lowest BCUT2D eigenvalue weighted by atomic mass is 10.1. The lowest BCUT2D eigenvalue weighted by molar-refractivity contribution is -0.119. The molecule has 3 rings (SSSR count). The highest BCUT2D eigenvalue weighted by Crippen LogP contribution is 2.17. The van der Waals surface area contributed by atoms with Crippen LogP contribution in [0.15, 0.2) is 51.8 Å². The molecule has 0 spiro atoms. The van der Waals surface area contributed by atoms with Gasteiger partial charge in [-0.3, -0.25) is 14.9 Å². The molecule has 8 heteroatoms. The molecule has 0 saturated heterocycles. The van der Waals surface area contributed by atoms with Crippen LogP contribution in [0.5, 0.6) is 0 Å². The number of carbonyl (C=O) groups is 1. The molecule has 3 aromatic rings. The Morgan fingerprint density at radius 1 is 1.24 bits per heavy atom. The Balaban J connectivity index is 1.87.